The van der Waals surface area contributed by atoms with E-state index >= 15 is 0 Å². The summed E-state index contributed by atoms with van der Waals surface area (Å²) < 4.78 is 5.80. The van der Waals surface area contributed by atoms with Gasteiger partial charge in [0.05, 0.1) is 12.0 Å². The van der Waals surface area contributed by atoms with Crippen LogP contribution in [0.2, 0.25) is 0 Å². The first-order chi connectivity index (χ1) is 13.5. The number of amides is 1. The molecule has 6 heteroatoms. The summed E-state index contributed by atoms with van der Waals surface area (Å²) in [7, 11) is 0. The van der Waals surface area contributed by atoms with Gasteiger partial charge in [0.15, 0.2) is 0 Å². The number of aliphatic carboxylic acids is 1. The molecule has 1 aliphatic carbocycles. The quantitative estimate of drug-likeness (QED) is 0.800. The second-order valence-electron chi connectivity index (χ2n) is 7.71. The second kappa shape index (κ2) is 7.64. The third-order valence-electron chi connectivity index (χ3n) is 5.83. The van der Waals surface area contributed by atoms with Crippen LogP contribution in [0.5, 0.6) is 11.5 Å². The molecule has 6 nitrogen and oxygen atoms in total. The number of benzene rings is 2. The Morgan fingerprint density at radius 3 is 2.68 bits per heavy atom. The molecule has 1 saturated carbocycles. The van der Waals surface area contributed by atoms with E-state index in [-0.39, 0.29) is 18.4 Å². The molecule has 0 spiro atoms. The second-order valence-corrected chi connectivity index (χ2v) is 7.71. The zero-order valence-corrected chi connectivity index (χ0v) is 15.6. The normalized spacial score (nSPS) is 23.9. The maximum absolute atomic E-state index is 12.5. The Bertz CT molecular complexity index is 870. The van der Waals surface area contributed by atoms with E-state index in [4.69, 9.17) is 4.74 Å². The number of nitrogens with one attached hydrogen (secondary N) is 1. The van der Waals surface area contributed by atoms with Crippen LogP contribution in [0.4, 0.5) is 5.69 Å². The molecule has 1 amide bonds. The molecule has 1 heterocycles. The van der Waals surface area contributed by atoms with Crippen molar-refractivity contribution in [3.05, 3.63) is 54.6 Å². The van der Waals surface area contributed by atoms with Gasteiger partial charge in [-0.25, -0.2) is 0 Å². The van der Waals surface area contributed by atoms with E-state index in [1.54, 1.807) is 6.07 Å². The molecule has 4 rings (SSSR count). The Hall–Kier alpha value is -2.86. The Morgan fingerprint density at radius 1 is 1.14 bits per heavy atom. The summed E-state index contributed by atoms with van der Waals surface area (Å²) >= 11 is 0. The molecule has 1 saturated heterocycles. The fourth-order valence-corrected chi connectivity index (χ4v) is 4.53. The van der Waals surface area contributed by atoms with Crippen molar-refractivity contribution in [2.24, 2.45) is 11.3 Å². The number of ether oxygens (including phenoxy) is 1. The number of hydrogen-bond donors (Lipinski definition) is 2. The highest BCUT2D eigenvalue weighted by Crippen LogP contribution is 2.48. The minimum absolute atomic E-state index is 0.141. The maximum Gasteiger partial charge on any atom is 0.311 e. The van der Waals surface area contributed by atoms with E-state index in [1.165, 1.54) is 0 Å². The van der Waals surface area contributed by atoms with Gasteiger partial charge in [0, 0.05) is 24.8 Å². The van der Waals surface area contributed by atoms with Gasteiger partial charge in [-0.1, -0.05) is 30.7 Å². The number of carbonyl (C=O) groups excluding carboxylic acids is 1. The summed E-state index contributed by atoms with van der Waals surface area (Å²) in [5, 5.41) is 12.6. The zero-order chi connectivity index (χ0) is 19.6. The fourth-order valence-electron chi connectivity index (χ4n) is 4.53. The summed E-state index contributed by atoms with van der Waals surface area (Å²) in [4.78, 5) is 26.2. The molecule has 2 aromatic rings. The summed E-state index contributed by atoms with van der Waals surface area (Å²) in [6, 6.07) is 16.7. The van der Waals surface area contributed by atoms with E-state index in [1.807, 2.05) is 53.4 Å². The van der Waals surface area contributed by atoms with Crippen molar-refractivity contribution in [1.29, 1.82) is 0 Å². The highest BCUT2D eigenvalue weighted by Gasteiger charge is 2.54. The number of anilines is 1. The number of carbonyl (C=O) groups is 2. The van der Waals surface area contributed by atoms with Crippen molar-refractivity contribution in [2.45, 2.75) is 19.3 Å². The Balaban J connectivity index is 1.36. The Labute approximate surface area is 164 Å². The van der Waals surface area contributed by atoms with Crippen molar-refractivity contribution in [1.82, 2.24) is 4.90 Å². The first-order valence-electron chi connectivity index (χ1n) is 9.64. The molecule has 2 aliphatic rings. The van der Waals surface area contributed by atoms with Gasteiger partial charge in [0.25, 0.3) is 0 Å². The van der Waals surface area contributed by atoms with Gasteiger partial charge < -0.3 is 15.2 Å². The highest BCUT2D eigenvalue weighted by atomic mass is 16.5. The van der Waals surface area contributed by atoms with Gasteiger partial charge in [-0.3, -0.25) is 14.5 Å². The first-order valence-corrected chi connectivity index (χ1v) is 9.64. The van der Waals surface area contributed by atoms with Crippen molar-refractivity contribution in [2.75, 3.05) is 25.0 Å². The fraction of sp³-hybridized carbons (Fsp3) is 0.364. The Morgan fingerprint density at radius 2 is 1.93 bits per heavy atom. The van der Waals surface area contributed by atoms with Crippen LogP contribution in [0.1, 0.15) is 19.3 Å². The Kier molecular flexibility index (Phi) is 5.05. The lowest BCUT2D eigenvalue weighted by atomic mass is 9.81. The molecule has 0 bridgehead atoms. The number of nitrogens with zero attached hydrogens (tertiary/aromatic N) is 1. The molecule has 2 aromatic carbocycles. The summed E-state index contributed by atoms with van der Waals surface area (Å²) in [5.74, 6) is 0.666. The molecule has 0 aromatic heterocycles. The van der Waals surface area contributed by atoms with E-state index in [9.17, 15) is 14.7 Å². The number of carboxylic acids is 1. The van der Waals surface area contributed by atoms with Crippen molar-refractivity contribution in [3.63, 3.8) is 0 Å². The van der Waals surface area contributed by atoms with E-state index < -0.39 is 11.4 Å². The van der Waals surface area contributed by atoms with Crippen LogP contribution in [0.25, 0.3) is 0 Å². The van der Waals surface area contributed by atoms with Crippen LogP contribution in [-0.2, 0) is 9.59 Å². The van der Waals surface area contributed by atoms with Crippen LogP contribution in [0, 0.1) is 11.3 Å². The number of likely N-dealkylation sites (tertiary alicyclic amines) is 1. The number of para-hydroxylation sites is 1. The standard InChI is InChI=1S/C22H24N2O4/c25-20(14-24-13-16-6-5-11-22(16,15-24)21(26)27)23-17-7-4-10-19(12-17)28-18-8-2-1-3-9-18/h1-4,7-10,12,16H,5-6,11,13-15H2,(H,23,25)(H,26,27)/t16-,22+/m0/s1. The molecule has 2 fully saturated rings. The molecule has 0 unspecified atom stereocenters. The molecule has 146 valence electrons. The van der Waals surface area contributed by atoms with Crippen LogP contribution >= 0.6 is 0 Å². The highest BCUT2D eigenvalue weighted by molar-refractivity contribution is 5.92. The molecule has 0 radical (unpaired) electrons. The predicted octanol–water partition coefficient (Wildman–Crippen LogP) is 3.60. The third kappa shape index (κ3) is 3.73. The minimum Gasteiger partial charge on any atom is -0.481 e. The van der Waals surface area contributed by atoms with Gasteiger partial charge >= 0.3 is 5.97 Å². The molecular weight excluding hydrogens is 356 g/mol. The van der Waals surface area contributed by atoms with Crippen LogP contribution in [-0.4, -0.2) is 41.5 Å². The van der Waals surface area contributed by atoms with Crippen molar-refractivity contribution < 1.29 is 19.4 Å². The van der Waals surface area contributed by atoms with Crippen LogP contribution in [0.15, 0.2) is 54.6 Å². The largest absolute Gasteiger partial charge is 0.481 e. The van der Waals surface area contributed by atoms with Gasteiger partial charge in [-0.15, -0.1) is 0 Å². The zero-order valence-electron chi connectivity index (χ0n) is 15.6. The van der Waals surface area contributed by atoms with Crippen molar-refractivity contribution >= 4 is 17.6 Å². The average molecular weight is 380 g/mol. The SMILES string of the molecule is O=C(CN1C[C@@H]2CCC[C@@]2(C(=O)O)C1)Nc1cccc(Oc2ccccc2)c1. The number of fused-ring (bicyclic) bond motifs is 1. The molecule has 2 atom stereocenters. The minimum atomic E-state index is -0.719. The van der Waals surface area contributed by atoms with Gasteiger partial charge in [-0.05, 0) is 43.0 Å². The van der Waals surface area contributed by atoms with Crippen LogP contribution in [0.3, 0.4) is 0 Å². The van der Waals surface area contributed by atoms with Gasteiger partial charge in [-0.2, -0.15) is 0 Å². The smallest absolute Gasteiger partial charge is 0.311 e. The summed E-state index contributed by atoms with van der Waals surface area (Å²) in [6.45, 7) is 1.34. The molecule has 1 aliphatic heterocycles. The third-order valence-corrected chi connectivity index (χ3v) is 5.83. The first kappa shape index (κ1) is 18.5. The lowest BCUT2D eigenvalue weighted by Crippen LogP contribution is -2.37. The molecule has 2 N–H and O–H groups in total. The maximum atomic E-state index is 12.5. The topological polar surface area (TPSA) is 78.9 Å². The number of hydrogen-bond acceptors (Lipinski definition) is 4. The number of rotatable bonds is 6. The molecule has 28 heavy (non-hydrogen) atoms. The number of carboxylic acid groups (broad SMARTS) is 1. The van der Waals surface area contributed by atoms with Crippen LogP contribution < -0.4 is 10.1 Å². The van der Waals surface area contributed by atoms with Gasteiger partial charge in [0.2, 0.25) is 5.91 Å². The van der Waals surface area contributed by atoms with E-state index in [0.29, 0.717) is 30.9 Å². The lowest BCUT2D eigenvalue weighted by molar-refractivity contribution is -0.149. The van der Waals surface area contributed by atoms with E-state index in [0.717, 1.165) is 18.6 Å². The van der Waals surface area contributed by atoms with Gasteiger partial charge in [0.1, 0.15) is 11.5 Å². The predicted molar refractivity (Wildman–Crippen MR) is 105 cm³/mol. The monoisotopic (exact) mass is 380 g/mol. The average Bonchev–Trinajstić information content (AvgIpc) is 3.21. The summed E-state index contributed by atoms with van der Waals surface area (Å²) in [6.07, 6.45) is 2.61. The lowest BCUT2D eigenvalue weighted by Gasteiger charge is -2.23. The molecular formula is C22H24N2O4. The van der Waals surface area contributed by atoms with Crippen molar-refractivity contribution in [3.8, 4) is 11.5 Å². The van der Waals surface area contributed by atoms with E-state index in [2.05, 4.69) is 5.32 Å². The summed E-state index contributed by atoms with van der Waals surface area (Å²) in [5.41, 5.74) is -0.00486.